The number of hydrogen-bond acceptors (Lipinski definition) is 0. The Morgan fingerprint density at radius 1 is 0.895 bits per heavy atom. The maximum Gasteiger partial charge on any atom is 0.0850 e. The first kappa shape index (κ1) is 13.3. The first-order valence-electron chi connectivity index (χ1n) is 6.36. The van der Waals surface area contributed by atoms with Crippen molar-refractivity contribution in [1.82, 2.24) is 0 Å². The number of rotatable bonds is 2. The van der Waals surface area contributed by atoms with Gasteiger partial charge in [-0.3, -0.25) is 0 Å². The summed E-state index contributed by atoms with van der Waals surface area (Å²) in [7, 11) is 0. The van der Waals surface area contributed by atoms with E-state index in [2.05, 4.69) is 18.2 Å². The molecule has 0 N–H and O–H groups in total. The molecule has 1 atom stereocenters. The molecule has 2 aromatic carbocycles. The quantitative estimate of drug-likeness (QED) is 0.614. The Bertz CT molecular complexity index is 619. The van der Waals surface area contributed by atoms with E-state index in [1.54, 1.807) is 12.1 Å². The molecule has 0 fully saturated rings. The molecule has 1 unspecified atom stereocenters. The van der Waals surface area contributed by atoms with E-state index in [0.717, 1.165) is 17.5 Å². The molecule has 0 aromatic heterocycles. The van der Waals surface area contributed by atoms with Crippen LogP contribution in [0.4, 0.5) is 0 Å². The van der Waals surface area contributed by atoms with Gasteiger partial charge >= 0.3 is 0 Å². The van der Waals surface area contributed by atoms with E-state index < -0.39 is 0 Å². The Labute approximate surface area is 128 Å². The van der Waals surface area contributed by atoms with Crippen LogP contribution in [0, 0.1) is 0 Å². The van der Waals surface area contributed by atoms with Crippen molar-refractivity contribution in [3.8, 4) is 0 Å². The molecule has 0 heterocycles. The van der Waals surface area contributed by atoms with Gasteiger partial charge in [0.1, 0.15) is 0 Å². The standard InChI is InChI=1S/C16H13Cl3/c17-13-6-7-15(18)14(9-13)16(19)12-5-4-10-2-1-3-11(10)8-12/h4-9,16H,1-3H2. The van der Waals surface area contributed by atoms with E-state index in [0.29, 0.717) is 10.0 Å². The van der Waals surface area contributed by atoms with Crippen molar-refractivity contribution >= 4 is 34.8 Å². The summed E-state index contributed by atoms with van der Waals surface area (Å²) in [4.78, 5) is 0. The van der Waals surface area contributed by atoms with Crippen LogP contribution in [0.25, 0.3) is 0 Å². The summed E-state index contributed by atoms with van der Waals surface area (Å²) in [5.74, 6) is 0. The Balaban J connectivity index is 1.99. The first-order valence-corrected chi connectivity index (χ1v) is 7.55. The van der Waals surface area contributed by atoms with Gasteiger partial charge in [-0.2, -0.15) is 0 Å². The summed E-state index contributed by atoms with van der Waals surface area (Å²) in [5, 5.41) is 1.06. The second-order valence-electron chi connectivity index (χ2n) is 4.91. The Kier molecular flexibility index (Phi) is 3.75. The van der Waals surface area contributed by atoms with Crippen LogP contribution in [0.5, 0.6) is 0 Å². The fourth-order valence-electron chi connectivity index (χ4n) is 2.64. The zero-order valence-corrected chi connectivity index (χ0v) is 12.6. The SMILES string of the molecule is Clc1ccc(Cl)c(C(Cl)c2ccc3c(c2)CCC3)c1. The van der Waals surface area contributed by atoms with Gasteiger partial charge < -0.3 is 0 Å². The first-order chi connectivity index (χ1) is 9.15. The van der Waals surface area contributed by atoms with Crippen molar-refractivity contribution < 1.29 is 0 Å². The van der Waals surface area contributed by atoms with Crippen molar-refractivity contribution in [2.75, 3.05) is 0 Å². The van der Waals surface area contributed by atoms with E-state index in [1.165, 1.54) is 24.0 Å². The van der Waals surface area contributed by atoms with Crippen LogP contribution in [0.2, 0.25) is 10.0 Å². The number of hydrogen-bond donors (Lipinski definition) is 0. The van der Waals surface area contributed by atoms with Crippen LogP contribution < -0.4 is 0 Å². The average molecular weight is 312 g/mol. The summed E-state index contributed by atoms with van der Waals surface area (Å²) < 4.78 is 0. The zero-order valence-electron chi connectivity index (χ0n) is 10.3. The van der Waals surface area contributed by atoms with Crippen molar-refractivity contribution in [3.05, 3.63) is 68.7 Å². The summed E-state index contributed by atoms with van der Waals surface area (Å²) >= 11 is 18.8. The van der Waals surface area contributed by atoms with Crippen molar-refractivity contribution in [3.63, 3.8) is 0 Å². The largest absolute Gasteiger partial charge is 0.113 e. The number of halogens is 3. The highest BCUT2D eigenvalue weighted by Gasteiger charge is 2.18. The van der Waals surface area contributed by atoms with Crippen molar-refractivity contribution in [2.24, 2.45) is 0 Å². The van der Waals surface area contributed by atoms with Gasteiger partial charge in [0.25, 0.3) is 0 Å². The summed E-state index contributed by atoms with van der Waals surface area (Å²) in [6.07, 6.45) is 3.57. The second-order valence-corrected chi connectivity index (χ2v) is 6.19. The Morgan fingerprint density at radius 3 is 2.53 bits per heavy atom. The molecule has 0 spiro atoms. The van der Waals surface area contributed by atoms with Gasteiger partial charge in [0.2, 0.25) is 0 Å². The van der Waals surface area contributed by atoms with E-state index in [-0.39, 0.29) is 5.38 Å². The number of aryl methyl sites for hydroxylation is 2. The Morgan fingerprint density at radius 2 is 1.68 bits per heavy atom. The third kappa shape index (κ3) is 2.63. The van der Waals surface area contributed by atoms with Gasteiger partial charge in [-0.1, -0.05) is 41.4 Å². The molecule has 0 saturated heterocycles. The summed E-state index contributed by atoms with van der Waals surface area (Å²) in [6, 6.07) is 11.9. The van der Waals surface area contributed by atoms with E-state index in [9.17, 15) is 0 Å². The smallest absolute Gasteiger partial charge is 0.0850 e. The normalized spacial score (nSPS) is 15.3. The van der Waals surface area contributed by atoms with Crippen molar-refractivity contribution in [1.29, 1.82) is 0 Å². The lowest BCUT2D eigenvalue weighted by molar-refractivity contribution is 0.911. The lowest BCUT2D eigenvalue weighted by atomic mass is 10.00. The minimum atomic E-state index is -0.253. The van der Waals surface area contributed by atoms with E-state index >= 15 is 0 Å². The maximum atomic E-state index is 6.57. The van der Waals surface area contributed by atoms with Crippen LogP contribution in [-0.2, 0) is 12.8 Å². The fraction of sp³-hybridized carbons (Fsp3) is 0.250. The highest BCUT2D eigenvalue weighted by molar-refractivity contribution is 6.35. The molecule has 0 aliphatic heterocycles. The number of benzene rings is 2. The molecular weight excluding hydrogens is 299 g/mol. The van der Waals surface area contributed by atoms with Crippen LogP contribution in [0.3, 0.4) is 0 Å². The molecule has 0 amide bonds. The lowest BCUT2D eigenvalue weighted by Gasteiger charge is -2.14. The molecule has 0 nitrogen and oxygen atoms in total. The topological polar surface area (TPSA) is 0 Å². The Hall–Kier alpha value is -0.690. The van der Waals surface area contributed by atoms with Gasteiger partial charge in [0.05, 0.1) is 5.38 Å². The number of fused-ring (bicyclic) bond motifs is 1. The highest BCUT2D eigenvalue weighted by atomic mass is 35.5. The summed E-state index contributed by atoms with van der Waals surface area (Å²) in [6.45, 7) is 0. The van der Waals surface area contributed by atoms with E-state index in [1.807, 2.05) is 6.07 Å². The molecule has 1 aliphatic carbocycles. The molecule has 0 saturated carbocycles. The van der Waals surface area contributed by atoms with Gasteiger partial charge in [-0.15, -0.1) is 11.6 Å². The number of alkyl halides is 1. The molecule has 0 radical (unpaired) electrons. The highest BCUT2D eigenvalue weighted by Crippen LogP contribution is 2.36. The molecule has 3 rings (SSSR count). The molecule has 2 aromatic rings. The van der Waals surface area contributed by atoms with Crippen LogP contribution in [0.15, 0.2) is 36.4 Å². The lowest BCUT2D eigenvalue weighted by Crippen LogP contribution is -1.96. The predicted molar refractivity (Wildman–Crippen MR) is 82.6 cm³/mol. The van der Waals surface area contributed by atoms with Crippen LogP contribution in [-0.4, -0.2) is 0 Å². The van der Waals surface area contributed by atoms with Crippen LogP contribution >= 0.6 is 34.8 Å². The molecule has 1 aliphatic rings. The molecule has 19 heavy (non-hydrogen) atoms. The fourth-order valence-corrected chi connectivity index (χ4v) is 3.42. The van der Waals surface area contributed by atoms with E-state index in [4.69, 9.17) is 34.8 Å². The molecule has 0 bridgehead atoms. The molecule has 98 valence electrons. The maximum absolute atomic E-state index is 6.57. The average Bonchev–Trinajstić information content (AvgIpc) is 2.88. The van der Waals surface area contributed by atoms with Crippen LogP contribution in [0.1, 0.15) is 34.1 Å². The van der Waals surface area contributed by atoms with Crippen molar-refractivity contribution in [2.45, 2.75) is 24.6 Å². The van der Waals surface area contributed by atoms with Gasteiger partial charge in [-0.25, -0.2) is 0 Å². The minimum absolute atomic E-state index is 0.253. The second kappa shape index (κ2) is 5.36. The monoisotopic (exact) mass is 310 g/mol. The predicted octanol–water partition coefficient (Wildman–Crippen LogP) is 5.81. The van der Waals surface area contributed by atoms with Gasteiger partial charge in [0.15, 0.2) is 0 Å². The minimum Gasteiger partial charge on any atom is -0.113 e. The van der Waals surface area contributed by atoms with Gasteiger partial charge in [0, 0.05) is 10.0 Å². The van der Waals surface area contributed by atoms with Gasteiger partial charge in [-0.05, 0) is 59.7 Å². The summed E-state index contributed by atoms with van der Waals surface area (Å²) in [5.41, 5.74) is 4.83. The molecular formula is C16H13Cl3. The molecule has 3 heteroatoms. The third-order valence-corrected chi connectivity index (χ3v) is 4.71. The zero-order chi connectivity index (χ0) is 13.4. The third-order valence-electron chi connectivity index (χ3n) is 3.65.